The minimum Gasteiger partial charge on any atom is -0.480 e. The molecule has 0 aromatic heterocycles. The number of esters is 1. The fraction of sp³-hybridized carbons (Fsp3) is 0.353. The Labute approximate surface area is 159 Å². The van der Waals surface area contributed by atoms with Gasteiger partial charge in [-0.1, -0.05) is 18.2 Å². The van der Waals surface area contributed by atoms with Crippen LogP contribution in [0.25, 0.3) is 0 Å². The lowest BCUT2D eigenvalue weighted by atomic mass is 10.3. The Balaban J connectivity index is 2.75. The van der Waals surface area contributed by atoms with Gasteiger partial charge >= 0.3 is 23.9 Å². The molecular weight excluding hydrogens is 376 g/mol. The van der Waals surface area contributed by atoms with Crippen LogP contribution in [0.15, 0.2) is 35.1 Å². The van der Waals surface area contributed by atoms with E-state index >= 15 is 0 Å². The van der Waals surface area contributed by atoms with Crippen molar-refractivity contribution in [1.82, 2.24) is 9.80 Å². The topological polar surface area (TPSA) is 162 Å². The van der Waals surface area contributed by atoms with Gasteiger partial charge < -0.3 is 20.1 Å². The highest BCUT2D eigenvalue weighted by Crippen LogP contribution is 2.02. The van der Waals surface area contributed by atoms with E-state index in [0.717, 1.165) is 9.80 Å². The third kappa shape index (κ3) is 9.40. The maximum absolute atomic E-state index is 12.1. The quantitative estimate of drug-likeness (QED) is 0.364. The summed E-state index contributed by atoms with van der Waals surface area (Å²) in [4.78, 5) is 58.6. The Morgan fingerprint density at radius 3 is 1.71 bits per heavy atom. The zero-order valence-electron chi connectivity index (χ0n) is 14.8. The van der Waals surface area contributed by atoms with Crippen LogP contribution in [0.5, 0.6) is 5.75 Å². The lowest BCUT2D eigenvalue weighted by molar-refractivity contribution is -0.144. The van der Waals surface area contributed by atoms with E-state index in [-0.39, 0.29) is 18.8 Å². The van der Waals surface area contributed by atoms with Crippen molar-refractivity contribution in [2.24, 2.45) is 0 Å². The maximum atomic E-state index is 12.1. The van der Waals surface area contributed by atoms with Gasteiger partial charge in [0.05, 0.1) is 26.2 Å². The highest BCUT2D eigenvalue weighted by atomic mass is 16.5. The van der Waals surface area contributed by atoms with Crippen LogP contribution in [0, 0.1) is 0 Å². The van der Waals surface area contributed by atoms with Crippen molar-refractivity contribution in [3.8, 4) is 5.75 Å². The van der Waals surface area contributed by atoms with Gasteiger partial charge in [-0.25, -0.2) is 0 Å². The van der Waals surface area contributed by atoms with Crippen molar-refractivity contribution >= 4 is 23.9 Å². The molecular formula is C17H20N2O9. The molecule has 0 spiro atoms. The molecule has 1 aromatic carbocycles. The molecule has 11 heteroatoms. The van der Waals surface area contributed by atoms with Crippen LogP contribution in [0.1, 0.15) is 0 Å². The second-order valence-electron chi connectivity index (χ2n) is 5.72. The molecule has 0 fully saturated rings. The van der Waals surface area contributed by atoms with Gasteiger partial charge in [-0.2, -0.15) is 0 Å². The highest BCUT2D eigenvalue weighted by molar-refractivity contribution is 5.76. The molecule has 1 aromatic rings. The maximum Gasteiger partial charge on any atom is 0.325 e. The van der Waals surface area contributed by atoms with E-state index in [1.165, 1.54) is 24.3 Å². The zero-order chi connectivity index (χ0) is 21.1. The van der Waals surface area contributed by atoms with Gasteiger partial charge in [-0.3, -0.25) is 33.8 Å². The van der Waals surface area contributed by atoms with E-state index in [1.54, 1.807) is 6.07 Å². The first kappa shape index (κ1) is 22.7. The molecule has 0 aliphatic heterocycles. The van der Waals surface area contributed by atoms with Crippen LogP contribution < -0.4 is 10.2 Å². The van der Waals surface area contributed by atoms with Gasteiger partial charge in [0.1, 0.15) is 0 Å². The molecule has 0 atom stereocenters. The summed E-state index contributed by atoms with van der Waals surface area (Å²) in [7, 11) is 0. The van der Waals surface area contributed by atoms with E-state index in [9.17, 15) is 24.0 Å². The normalized spacial score (nSPS) is 10.6. The van der Waals surface area contributed by atoms with Crippen molar-refractivity contribution in [3.05, 3.63) is 40.6 Å². The monoisotopic (exact) mass is 396 g/mol. The first-order valence-corrected chi connectivity index (χ1v) is 8.07. The third-order valence-corrected chi connectivity index (χ3v) is 3.35. The second-order valence-corrected chi connectivity index (χ2v) is 5.72. The molecule has 0 aliphatic carbocycles. The van der Waals surface area contributed by atoms with Gasteiger partial charge in [0.15, 0.2) is 5.75 Å². The fourth-order valence-electron chi connectivity index (χ4n) is 2.22. The smallest absolute Gasteiger partial charge is 0.325 e. The Morgan fingerprint density at radius 1 is 0.750 bits per heavy atom. The standard InChI is InChI=1S/C17H20N2O9/c20-12-4-2-1-3-5-13(12)28-17(27)11-19(10-16(25)26)7-6-18(8-14(21)22)9-15(23)24/h1-5H,6-11H2,(H,21,22)(H,23,24)(H,25,26). The molecule has 0 saturated heterocycles. The van der Waals surface area contributed by atoms with Crippen LogP contribution in [0.3, 0.4) is 0 Å². The summed E-state index contributed by atoms with van der Waals surface area (Å²) in [5.41, 5.74) is -0.530. The Bertz CT molecular complexity index is 765. The van der Waals surface area contributed by atoms with Gasteiger partial charge in [0.25, 0.3) is 0 Å². The number of nitrogens with zero attached hydrogens (tertiary/aromatic N) is 2. The predicted molar refractivity (Wildman–Crippen MR) is 94.1 cm³/mol. The number of rotatable bonds is 12. The number of ether oxygens (including phenoxy) is 1. The second kappa shape index (κ2) is 11.4. The average Bonchev–Trinajstić information content (AvgIpc) is 2.75. The molecule has 0 bridgehead atoms. The number of hydrogen-bond acceptors (Lipinski definition) is 8. The van der Waals surface area contributed by atoms with Crippen molar-refractivity contribution in [2.45, 2.75) is 0 Å². The first-order chi connectivity index (χ1) is 13.2. The van der Waals surface area contributed by atoms with Crippen molar-refractivity contribution in [2.75, 3.05) is 39.3 Å². The summed E-state index contributed by atoms with van der Waals surface area (Å²) < 4.78 is 4.97. The lowest BCUT2D eigenvalue weighted by Gasteiger charge is -2.24. The number of carboxylic acids is 3. The predicted octanol–water partition coefficient (Wildman–Crippen LogP) is -1.19. The summed E-state index contributed by atoms with van der Waals surface area (Å²) in [5.74, 6) is -4.83. The Kier molecular flexibility index (Phi) is 9.27. The van der Waals surface area contributed by atoms with Gasteiger partial charge in [-0.15, -0.1) is 0 Å². The number of carboxylic acid groups (broad SMARTS) is 3. The zero-order valence-corrected chi connectivity index (χ0v) is 14.8. The van der Waals surface area contributed by atoms with Crippen LogP contribution in [0.2, 0.25) is 0 Å². The molecule has 1 rings (SSSR count). The number of aliphatic carboxylic acids is 3. The molecule has 0 heterocycles. The van der Waals surface area contributed by atoms with Crippen molar-refractivity contribution in [3.63, 3.8) is 0 Å². The van der Waals surface area contributed by atoms with Crippen LogP contribution in [0.4, 0.5) is 0 Å². The largest absolute Gasteiger partial charge is 0.480 e. The Morgan fingerprint density at radius 2 is 1.21 bits per heavy atom. The highest BCUT2D eigenvalue weighted by Gasteiger charge is 2.19. The van der Waals surface area contributed by atoms with E-state index in [0.29, 0.717) is 0 Å². The van der Waals surface area contributed by atoms with E-state index in [4.69, 9.17) is 20.1 Å². The van der Waals surface area contributed by atoms with Gasteiger partial charge in [0, 0.05) is 13.1 Å². The minimum atomic E-state index is -1.25. The molecule has 3 N–H and O–H groups in total. The van der Waals surface area contributed by atoms with E-state index < -0.39 is 55.5 Å². The van der Waals surface area contributed by atoms with E-state index in [2.05, 4.69) is 0 Å². The lowest BCUT2D eigenvalue weighted by Crippen LogP contribution is -2.44. The van der Waals surface area contributed by atoms with Crippen LogP contribution in [-0.4, -0.2) is 88.3 Å². The number of hydrogen-bond donors (Lipinski definition) is 3. The number of carbonyl (C=O) groups excluding carboxylic acids is 1. The van der Waals surface area contributed by atoms with Gasteiger partial charge in [0.2, 0.25) is 5.43 Å². The van der Waals surface area contributed by atoms with Crippen molar-refractivity contribution < 1.29 is 39.2 Å². The summed E-state index contributed by atoms with van der Waals surface area (Å²) in [6, 6.07) is 7.02. The molecule has 0 radical (unpaired) electrons. The molecule has 152 valence electrons. The van der Waals surface area contributed by atoms with Gasteiger partial charge in [-0.05, 0) is 12.1 Å². The SMILES string of the molecule is O=C(O)CN(CCN(CC(=O)O)CC(=O)Oc1cccccc1=O)CC(=O)O. The first-order valence-electron chi connectivity index (χ1n) is 8.07. The Hall–Kier alpha value is -3.31. The summed E-state index contributed by atoms with van der Waals surface area (Å²) >= 11 is 0. The van der Waals surface area contributed by atoms with Crippen LogP contribution >= 0.6 is 0 Å². The summed E-state index contributed by atoms with van der Waals surface area (Å²) in [6.45, 7) is -2.37. The van der Waals surface area contributed by atoms with Crippen molar-refractivity contribution in [1.29, 1.82) is 0 Å². The van der Waals surface area contributed by atoms with E-state index in [1.807, 2.05) is 0 Å². The molecule has 11 nitrogen and oxygen atoms in total. The molecule has 0 amide bonds. The molecule has 0 unspecified atom stereocenters. The molecule has 0 aliphatic rings. The third-order valence-electron chi connectivity index (χ3n) is 3.35. The molecule has 0 saturated carbocycles. The van der Waals surface area contributed by atoms with Crippen LogP contribution in [-0.2, 0) is 19.2 Å². The summed E-state index contributed by atoms with van der Waals surface area (Å²) in [5, 5.41) is 26.6. The average molecular weight is 396 g/mol. The molecule has 28 heavy (non-hydrogen) atoms. The number of carbonyl (C=O) groups is 4. The summed E-state index contributed by atoms with van der Waals surface area (Å²) in [6.07, 6.45) is 0. The fourth-order valence-corrected chi connectivity index (χ4v) is 2.22. The minimum absolute atomic E-state index is 0.102.